The van der Waals surface area contributed by atoms with Gasteiger partial charge in [-0.15, -0.1) is 11.8 Å². The molecule has 0 spiro atoms. The van der Waals surface area contributed by atoms with Crippen molar-refractivity contribution in [2.45, 2.75) is 42.5 Å². The standard InChI is InChI=1S/C17H18N2O5S/c1-9(20)17(18-12(21)10-7-5-4-6-8-10)14(24)19-11(13(22)23)16(2,3)25-15(17)19/h4-8,11,15H,1-3H3,(H,18,21)(H,22,23)/t11-,15+,17?/m0/s1. The van der Waals surface area contributed by atoms with Gasteiger partial charge in [0.05, 0.1) is 0 Å². The molecule has 2 heterocycles. The molecule has 1 aromatic rings. The number of aliphatic carboxylic acids is 1. The highest BCUT2D eigenvalue weighted by Gasteiger charge is 2.74. The number of carbonyl (C=O) groups excluding carboxylic acids is 3. The Bertz CT molecular complexity index is 779. The number of fused-ring (bicyclic) bond motifs is 1. The molecule has 25 heavy (non-hydrogen) atoms. The highest BCUT2D eigenvalue weighted by atomic mass is 32.2. The zero-order valence-corrected chi connectivity index (χ0v) is 14.8. The summed E-state index contributed by atoms with van der Waals surface area (Å²) in [6, 6.07) is 7.22. The molecular formula is C17H18N2O5S. The summed E-state index contributed by atoms with van der Waals surface area (Å²) in [6.45, 7) is 4.67. The number of benzene rings is 1. The van der Waals surface area contributed by atoms with E-state index in [0.717, 1.165) is 0 Å². The van der Waals surface area contributed by atoms with Crippen molar-refractivity contribution in [2.24, 2.45) is 0 Å². The van der Waals surface area contributed by atoms with Gasteiger partial charge in [0.1, 0.15) is 11.4 Å². The normalized spacial score (nSPS) is 29.6. The molecular weight excluding hydrogens is 344 g/mol. The van der Waals surface area contributed by atoms with Crippen molar-refractivity contribution in [1.82, 2.24) is 10.2 Å². The third kappa shape index (κ3) is 2.35. The van der Waals surface area contributed by atoms with Gasteiger partial charge in [-0.2, -0.15) is 0 Å². The zero-order chi connectivity index (χ0) is 18.6. The molecule has 132 valence electrons. The molecule has 1 unspecified atom stereocenters. The van der Waals surface area contributed by atoms with E-state index in [1.165, 1.54) is 23.6 Å². The highest BCUT2D eigenvalue weighted by molar-refractivity contribution is 8.01. The third-order valence-corrected chi connectivity index (χ3v) is 6.32. The van der Waals surface area contributed by atoms with Crippen molar-refractivity contribution >= 4 is 35.3 Å². The van der Waals surface area contributed by atoms with Gasteiger partial charge in [0, 0.05) is 10.3 Å². The molecule has 3 atom stereocenters. The van der Waals surface area contributed by atoms with Crippen molar-refractivity contribution in [3.05, 3.63) is 35.9 Å². The lowest BCUT2D eigenvalue weighted by Gasteiger charge is -2.51. The Morgan fingerprint density at radius 1 is 1.20 bits per heavy atom. The second-order valence-electron chi connectivity index (χ2n) is 6.71. The zero-order valence-electron chi connectivity index (χ0n) is 14.0. The fourth-order valence-electron chi connectivity index (χ4n) is 3.43. The monoisotopic (exact) mass is 362 g/mol. The first-order valence-electron chi connectivity index (χ1n) is 7.75. The Labute approximate surface area is 148 Å². The fraction of sp³-hybridized carbons (Fsp3) is 0.412. The first kappa shape index (κ1) is 17.5. The number of amides is 2. The van der Waals surface area contributed by atoms with Crippen LogP contribution in [0.4, 0.5) is 0 Å². The van der Waals surface area contributed by atoms with Crippen LogP contribution < -0.4 is 5.32 Å². The van der Waals surface area contributed by atoms with E-state index >= 15 is 0 Å². The molecule has 2 amide bonds. The van der Waals surface area contributed by atoms with Crippen molar-refractivity contribution < 1.29 is 24.3 Å². The van der Waals surface area contributed by atoms with E-state index in [2.05, 4.69) is 5.32 Å². The third-order valence-electron chi connectivity index (χ3n) is 4.68. The Morgan fingerprint density at radius 2 is 1.80 bits per heavy atom. The Morgan fingerprint density at radius 3 is 2.32 bits per heavy atom. The number of β-lactam (4-membered cyclic amide) rings is 1. The van der Waals surface area contributed by atoms with E-state index in [-0.39, 0.29) is 0 Å². The van der Waals surface area contributed by atoms with Crippen LogP contribution in [-0.2, 0) is 14.4 Å². The van der Waals surface area contributed by atoms with Gasteiger partial charge in [-0.05, 0) is 32.9 Å². The van der Waals surface area contributed by atoms with Gasteiger partial charge in [0.15, 0.2) is 5.78 Å². The number of ketones is 1. The van der Waals surface area contributed by atoms with Gasteiger partial charge in [-0.25, -0.2) is 4.79 Å². The highest BCUT2D eigenvalue weighted by Crippen LogP contribution is 2.55. The van der Waals surface area contributed by atoms with E-state index in [9.17, 15) is 24.3 Å². The lowest BCUT2D eigenvalue weighted by molar-refractivity contribution is -0.170. The van der Waals surface area contributed by atoms with Crippen LogP contribution in [0.25, 0.3) is 0 Å². The molecule has 0 radical (unpaired) electrons. The molecule has 3 rings (SSSR count). The lowest BCUT2D eigenvalue weighted by Crippen LogP contribution is -2.82. The first-order valence-corrected chi connectivity index (χ1v) is 8.63. The molecule has 2 N–H and O–H groups in total. The number of hydrogen-bond donors (Lipinski definition) is 2. The Kier molecular flexibility index (Phi) is 3.90. The second kappa shape index (κ2) is 5.59. The summed E-state index contributed by atoms with van der Waals surface area (Å²) in [5.74, 6) is -2.84. The van der Waals surface area contributed by atoms with Crippen LogP contribution in [0.5, 0.6) is 0 Å². The Hall–Kier alpha value is -2.35. The number of thioether (sulfide) groups is 1. The summed E-state index contributed by atoms with van der Waals surface area (Å²) in [5, 5.41) is 11.3. The molecule has 2 aliphatic rings. The van der Waals surface area contributed by atoms with Gasteiger partial charge in [-0.1, -0.05) is 18.2 Å². The number of hydrogen-bond acceptors (Lipinski definition) is 5. The average Bonchev–Trinajstić information content (AvgIpc) is 2.81. The summed E-state index contributed by atoms with van der Waals surface area (Å²) >= 11 is 1.22. The lowest BCUT2D eigenvalue weighted by atomic mass is 9.81. The van der Waals surface area contributed by atoms with Gasteiger partial charge in [0.2, 0.25) is 5.54 Å². The maximum absolute atomic E-state index is 12.8. The van der Waals surface area contributed by atoms with Gasteiger partial charge in [0.25, 0.3) is 11.8 Å². The smallest absolute Gasteiger partial charge is 0.327 e. The number of carbonyl (C=O) groups is 4. The van der Waals surface area contributed by atoms with Crippen LogP contribution in [0.3, 0.4) is 0 Å². The number of carboxylic acid groups (broad SMARTS) is 1. The number of nitrogens with one attached hydrogen (secondary N) is 1. The summed E-state index contributed by atoms with van der Waals surface area (Å²) in [7, 11) is 0. The van der Waals surface area contributed by atoms with Gasteiger partial charge < -0.3 is 15.3 Å². The summed E-state index contributed by atoms with van der Waals surface area (Å²) in [4.78, 5) is 50.4. The van der Waals surface area contributed by atoms with Crippen LogP contribution in [-0.4, -0.2) is 55.3 Å². The van der Waals surface area contributed by atoms with Gasteiger partial charge >= 0.3 is 5.97 Å². The summed E-state index contributed by atoms with van der Waals surface area (Å²) in [6.07, 6.45) is 0. The molecule has 1 aromatic carbocycles. The molecule has 0 bridgehead atoms. The van der Waals surface area contributed by atoms with E-state index in [0.29, 0.717) is 5.56 Å². The molecule has 8 heteroatoms. The number of carboxylic acids is 1. The van der Waals surface area contributed by atoms with Crippen LogP contribution in [0.1, 0.15) is 31.1 Å². The fourth-order valence-corrected chi connectivity index (χ4v) is 5.18. The quantitative estimate of drug-likeness (QED) is 0.609. The molecule has 0 saturated carbocycles. The summed E-state index contributed by atoms with van der Waals surface area (Å²) < 4.78 is -0.777. The van der Waals surface area contributed by atoms with E-state index < -0.39 is 45.3 Å². The minimum absolute atomic E-state index is 0.325. The minimum Gasteiger partial charge on any atom is -0.480 e. The van der Waals surface area contributed by atoms with Crippen LogP contribution in [0.15, 0.2) is 30.3 Å². The van der Waals surface area contributed by atoms with Crippen molar-refractivity contribution in [3.8, 4) is 0 Å². The molecule has 2 fully saturated rings. The van der Waals surface area contributed by atoms with Gasteiger partial charge in [-0.3, -0.25) is 14.4 Å². The predicted molar refractivity (Wildman–Crippen MR) is 91.0 cm³/mol. The molecule has 2 aliphatic heterocycles. The van der Waals surface area contributed by atoms with E-state index in [1.54, 1.807) is 44.2 Å². The van der Waals surface area contributed by atoms with Crippen molar-refractivity contribution in [1.29, 1.82) is 0 Å². The first-order chi connectivity index (χ1) is 11.6. The Balaban J connectivity index is 1.96. The van der Waals surface area contributed by atoms with Crippen molar-refractivity contribution in [3.63, 3.8) is 0 Å². The maximum atomic E-state index is 12.8. The van der Waals surface area contributed by atoms with Crippen LogP contribution in [0.2, 0.25) is 0 Å². The average molecular weight is 362 g/mol. The molecule has 2 saturated heterocycles. The van der Waals surface area contributed by atoms with E-state index in [1.807, 2.05) is 0 Å². The van der Waals surface area contributed by atoms with Crippen molar-refractivity contribution in [2.75, 3.05) is 0 Å². The number of Topliss-reactive ketones (excluding diaryl/α,β-unsaturated/α-hetero) is 1. The molecule has 7 nitrogen and oxygen atoms in total. The van der Waals surface area contributed by atoms with E-state index in [4.69, 9.17) is 0 Å². The molecule has 0 aliphatic carbocycles. The summed E-state index contributed by atoms with van der Waals surface area (Å²) in [5.41, 5.74) is -1.40. The van der Waals surface area contributed by atoms with Crippen LogP contribution >= 0.6 is 11.8 Å². The van der Waals surface area contributed by atoms with Crippen LogP contribution in [0, 0.1) is 0 Å². The molecule has 0 aromatic heterocycles. The number of nitrogens with zero attached hydrogens (tertiary/aromatic N) is 1. The topological polar surface area (TPSA) is 104 Å². The number of rotatable bonds is 4. The largest absolute Gasteiger partial charge is 0.480 e. The second-order valence-corrected chi connectivity index (χ2v) is 8.45. The minimum atomic E-state index is -1.72. The maximum Gasteiger partial charge on any atom is 0.327 e. The SMILES string of the molecule is CC(=O)C1(NC(=O)c2ccccc2)C(=O)N2[C@@H](C(=O)O)C(C)(C)S[C@@H]21. The predicted octanol–water partition coefficient (Wildman–Crippen LogP) is 0.891.